The number of carbonyl (C=O) groups is 1. The van der Waals surface area contributed by atoms with Gasteiger partial charge >= 0.3 is 0 Å². The van der Waals surface area contributed by atoms with Crippen molar-refractivity contribution in [2.45, 2.75) is 25.7 Å². The number of allylic oxidation sites excluding steroid dienone is 2. The average Bonchev–Trinajstić information content (AvgIpc) is 3.44. The zero-order chi connectivity index (χ0) is 20.5. The van der Waals surface area contributed by atoms with Crippen molar-refractivity contribution >= 4 is 33.1 Å². The minimum Gasteiger partial charge on any atom is -0.326 e. The molecule has 0 spiro atoms. The van der Waals surface area contributed by atoms with Gasteiger partial charge in [0.2, 0.25) is 5.91 Å². The molecule has 1 N–H and O–H groups in total. The van der Waals surface area contributed by atoms with Gasteiger partial charge in [-0.15, -0.1) is 16.4 Å². The summed E-state index contributed by atoms with van der Waals surface area (Å²) in [4.78, 5) is 18.0. The van der Waals surface area contributed by atoms with Gasteiger partial charge in [-0.05, 0) is 66.1 Å². The molecule has 1 aliphatic carbocycles. The summed E-state index contributed by atoms with van der Waals surface area (Å²) in [7, 11) is 0. The van der Waals surface area contributed by atoms with E-state index in [-0.39, 0.29) is 17.7 Å². The van der Waals surface area contributed by atoms with Gasteiger partial charge in [0.15, 0.2) is 0 Å². The lowest BCUT2D eigenvalue weighted by atomic mass is 9.82. The van der Waals surface area contributed by atoms with Crippen LogP contribution in [0.25, 0.3) is 15.9 Å². The highest BCUT2D eigenvalue weighted by atomic mass is 32.1. The second-order valence-corrected chi connectivity index (χ2v) is 8.48. The Labute approximate surface area is 177 Å². The number of fused-ring (bicyclic) bond motifs is 1. The summed E-state index contributed by atoms with van der Waals surface area (Å²) in [6.07, 6.45) is 7.35. The third kappa shape index (κ3) is 3.50. The number of hydrogen-bond donors (Lipinski definition) is 1. The summed E-state index contributed by atoms with van der Waals surface area (Å²) >= 11 is 1.69. The van der Waals surface area contributed by atoms with Crippen LogP contribution in [0.1, 0.15) is 29.3 Å². The van der Waals surface area contributed by atoms with Crippen molar-refractivity contribution in [3.8, 4) is 5.69 Å². The molecule has 8 heteroatoms. The molecule has 1 amide bonds. The van der Waals surface area contributed by atoms with Crippen LogP contribution < -0.4 is 5.32 Å². The van der Waals surface area contributed by atoms with E-state index in [2.05, 4.69) is 39.1 Å². The SMILES string of the molecule is Cc1cc(NC(=O)C2CC=CCC2c2nc3ccccc3s2)ccc1-n1cnnn1. The molecular formula is C22H20N6OS. The summed E-state index contributed by atoms with van der Waals surface area (Å²) in [6.45, 7) is 1.97. The first-order valence-corrected chi connectivity index (χ1v) is 10.7. The smallest absolute Gasteiger partial charge is 0.228 e. The third-order valence-corrected chi connectivity index (χ3v) is 6.63. The topological polar surface area (TPSA) is 85.6 Å². The number of nitrogens with zero attached hydrogens (tertiary/aromatic N) is 5. The fourth-order valence-electron chi connectivity index (χ4n) is 3.92. The first kappa shape index (κ1) is 18.6. The van der Waals surface area contributed by atoms with Crippen LogP contribution in [0, 0.1) is 12.8 Å². The largest absolute Gasteiger partial charge is 0.326 e. The fourth-order valence-corrected chi connectivity index (χ4v) is 5.07. The maximum Gasteiger partial charge on any atom is 0.228 e. The van der Waals surface area contributed by atoms with Crippen molar-refractivity contribution in [1.82, 2.24) is 25.2 Å². The normalized spacial score (nSPS) is 18.6. The molecule has 1 aliphatic rings. The standard InChI is InChI=1S/C22H20N6OS/c1-14-12-15(10-11-19(14)28-13-23-26-27-28)24-21(29)16-6-2-3-7-17(16)22-25-18-8-4-5-9-20(18)30-22/h2-5,8-13,16-17H,6-7H2,1H3,(H,24,29). The van der Waals surface area contributed by atoms with Gasteiger partial charge in [-0.2, -0.15) is 0 Å². The van der Waals surface area contributed by atoms with Gasteiger partial charge in [-0.1, -0.05) is 24.3 Å². The van der Waals surface area contributed by atoms with Crippen LogP contribution >= 0.6 is 11.3 Å². The number of nitrogens with one attached hydrogen (secondary N) is 1. The van der Waals surface area contributed by atoms with Crippen molar-refractivity contribution in [2.75, 3.05) is 5.32 Å². The second-order valence-electron chi connectivity index (χ2n) is 7.42. The molecule has 0 fully saturated rings. The lowest BCUT2D eigenvalue weighted by Crippen LogP contribution is -2.29. The molecule has 2 heterocycles. The van der Waals surface area contributed by atoms with Crippen molar-refractivity contribution in [2.24, 2.45) is 5.92 Å². The predicted molar refractivity (Wildman–Crippen MR) is 117 cm³/mol. The number of aryl methyl sites for hydroxylation is 1. The maximum atomic E-state index is 13.2. The van der Waals surface area contributed by atoms with Crippen molar-refractivity contribution in [3.63, 3.8) is 0 Å². The Morgan fingerprint density at radius 1 is 1.17 bits per heavy atom. The number of rotatable bonds is 4. The van der Waals surface area contributed by atoms with E-state index in [0.717, 1.165) is 38.6 Å². The van der Waals surface area contributed by atoms with Gasteiger partial charge in [-0.3, -0.25) is 4.79 Å². The monoisotopic (exact) mass is 416 g/mol. The van der Waals surface area contributed by atoms with E-state index < -0.39 is 0 Å². The molecule has 0 saturated heterocycles. The summed E-state index contributed by atoms with van der Waals surface area (Å²) in [6, 6.07) is 13.9. The van der Waals surface area contributed by atoms with E-state index in [1.54, 1.807) is 22.3 Å². The zero-order valence-electron chi connectivity index (χ0n) is 16.4. The number of anilines is 1. The molecule has 0 saturated carbocycles. The molecule has 0 aliphatic heterocycles. The molecule has 5 rings (SSSR count). The molecule has 2 aromatic carbocycles. The number of para-hydroxylation sites is 1. The maximum absolute atomic E-state index is 13.2. The van der Waals surface area contributed by atoms with Gasteiger partial charge in [0.25, 0.3) is 0 Å². The summed E-state index contributed by atoms with van der Waals surface area (Å²) in [5.41, 5.74) is 3.63. The van der Waals surface area contributed by atoms with Crippen LogP contribution in [0.4, 0.5) is 5.69 Å². The van der Waals surface area contributed by atoms with E-state index in [1.807, 2.05) is 43.3 Å². The Morgan fingerprint density at radius 2 is 2.03 bits per heavy atom. The number of hydrogen-bond acceptors (Lipinski definition) is 6. The fraction of sp³-hybridized carbons (Fsp3) is 0.227. The van der Waals surface area contributed by atoms with E-state index in [9.17, 15) is 4.79 Å². The Kier molecular flexibility index (Phi) is 4.84. The van der Waals surface area contributed by atoms with Crippen LogP contribution in [-0.2, 0) is 4.79 Å². The Hall–Kier alpha value is -3.39. The average molecular weight is 417 g/mol. The molecule has 0 bridgehead atoms. The quantitative estimate of drug-likeness (QED) is 0.502. The van der Waals surface area contributed by atoms with Crippen LogP contribution in [0.15, 0.2) is 60.9 Å². The first-order valence-electron chi connectivity index (χ1n) is 9.84. The number of aromatic nitrogens is 5. The number of thiazole rings is 1. The molecule has 4 aromatic rings. The number of tetrazole rings is 1. The van der Waals surface area contributed by atoms with Gasteiger partial charge in [0.05, 0.1) is 26.8 Å². The molecule has 150 valence electrons. The molecule has 2 unspecified atom stereocenters. The minimum absolute atomic E-state index is 0.0261. The molecule has 30 heavy (non-hydrogen) atoms. The summed E-state index contributed by atoms with van der Waals surface area (Å²) in [5, 5.41) is 15.4. The van der Waals surface area contributed by atoms with Crippen LogP contribution in [0.5, 0.6) is 0 Å². The Balaban J connectivity index is 1.38. The number of amides is 1. The van der Waals surface area contributed by atoms with Gasteiger partial charge in [0, 0.05) is 11.6 Å². The molecular weight excluding hydrogens is 396 g/mol. The van der Waals surface area contributed by atoms with E-state index in [4.69, 9.17) is 4.98 Å². The Bertz CT molecular complexity index is 1200. The highest BCUT2D eigenvalue weighted by Crippen LogP contribution is 2.39. The van der Waals surface area contributed by atoms with Crippen LogP contribution in [0.3, 0.4) is 0 Å². The molecule has 7 nitrogen and oxygen atoms in total. The molecule has 0 radical (unpaired) electrons. The van der Waals surface area contributed by atoms with Crippen molar-refractivity contribution in [1.29, 1.82) is 0 Å². The van der Waals surface area contributed by atoms with Gasteiger partial charge in [0.1, 0.15) is 6.33 Å². The van der Waals surface area contributed by atoms with Gasteiger partial charge < -0.3 is 5.32 Å². The summed E-state index contributed by atoms with van der Waals surface area (Å²) in [5.74, 6) is -0.0257. The number of benzene rings is 2. The molecule has 2 aromatic heterocycles. The number of carbonyl (C=O) groups excluding carboxylic acids is 1. The van der Waals surface area contributed by atoms with Crippen LogP contribution in [-0.4, -0.2) is 31.1 Å². The summed E-state index contributed by atoms with van der Waals surface area (Å²) < 4.78 is 2.77. The van der Waals surface area contributed by atoms with E-state index in [0.29, 0.717) is 6.42 Å². The highest BCUT2D eigenvalue weighted by Gasteiger charge is 2.32. The Morgan fingerprint density at radius 3 is 2.83 bits per heavy atom. The predicted octanol–water partition coefficient (Wildman–Crippen LogP) is 4.27. The molecule has 2 atom stereocenters. The van der Waals surface area contributed by atoms with Crippen molar-refractivity contribution in [3.05, 3.63) is 71.5 Å². The lowest BCUT2D eigenvalue weighted by Gasteiger charge is -2.26. The van der Waals surface area contributed by atoms with E-state index >= 15 is 0 Å². The van der Waals surface area contributed by atoms with Crippen LogP contribution in [0.2, 0.25) is 0 Å². The minimum atomic E-state index is -0.143. The zero-order valence-corrected chi connectivity index (χ0v) is 17.2. The van der Waals surface area contributed by atoms with Crippen molar-refractivity contribution < 1.29 is 4.79 Å². The second kappa shape index (κ2) is 7.79. The highest BCUT2D eigenvalue weighted by molar-refractivity contribution is 7.18. The van der Waals surface area contributed by atoms with Gasteiger partial charge in [-0.25, -0.2) is 9.67 Å². The first-order chi connectivity index (χ1) is 14.7. The lowest BCUT2D eigenvalue weighted by molar-refractivity contribution is -0.120. The third-order valence-electron chi connectivity index (χ3n) is 5.46. The van der Waals surface area contributed by atoms with E-state index in [1.165, 1.54) is 0 Å².